The number of guanidine groups is 1. The van der Waals surface area contributed by atoms with Gasteiger partial charge in [0.25, 0.3) is 0 Å². The van der Waals surface area contributed by atoms with Crippen molar-refractivity contribution in [1.29, 1.82) is 0 Å². The number of carbonyl (C=O) groups excluding carboxylic acids is 4. The third-order valence-corrected chi connectivity index (χ3v) is 7.70. The van der Waals surface area contributed by atoms with E-state index in [9.17, 15) is 27.6 Å². The summed E-state index contributed by atoms with van der Waals surface area (Å²) in [5.41, 5.74) is 11.5. The van der Waals surface area contributed by atoms with Gasteiger partial charge in [0.15, 0.2) is 5.96 Å². The highest BCUT2D eigenvalue weighted by atomic mass is 32.2. The van der Waals surface area contributed by atoms with Crippen molar-refractivity contribution >= 4 is 40.1 Å². The summed E-state index contributed by atoms with van der Waals surface area (Å²) in [5, 5.41) is 2.57. The fourth-order valence-electron chi connectivity index (χ4n) is 4.30. The molecule has 0 aromatic heterocycles. The van der Waals surface area contributed by atoms with Crippen molar-refractivity contribution in [2.24, 2.45) is 16.5 Å². The van der Waals surface area contributed by atoms with Crippen molar-refractivity contribution in [1.82, 2.24) is 14.9 Å². The molecule has 2 atom stereocenters. The molecule has 15 heteroatoms. The number of nitrogens with two attached hydrogens (primary N) is 2. The second-order valence-electron chi connectivity index (χ2n) is 9.40. The third-order valence-electron chi connectivity index (χ3n) is 6.37. The third kappa shape index (κ3) is 9.79. The Labute approximate surface area is 233 Å². The van der Waals surface area contributed by atoms with Crippen molar-refractivity contribution in [2.75, 3.05) is 33.9 Å². The Balaban J connectivity index is 2.09. The Kier molecular flexibility index (Phi) is 12.3. The lowest BCUT2D eigenvalue weighted by Crippen LogP contribution is -2.51. The molecule has 1 aliphatic rings. The Bertz CT molecular complexity index is 1220. The minimum Gasteiger partial charge on any atom is -0.496 e. The number of carbonyl (C=O) groups is 4. The van der Waals surface area contributed by atoms with Gasteiger partial charge in [0.05, 0.1) is 38.1 Å². The van der Waals surface area contributed by atoms with Crippen LogP contribution in [0.4, 0.5) is 0 Å². The topological polar surface area (TPSA) is 213 Å². The molecule has 0 radical (unpaired) electrons. The molecule has 0 aliphatic carbocycles. The van der Waals surface area contributed by atoms with Gasteiger partial charge < -0.3 is 36.0 Å². The van der Waals surface area contributed by atoms with E-state index in [0.717, 1.165) is 0 Å². The molecular weight excluding hydrogens is 544 g/mol. The van der Waals surface area contributed by atoms with Crippen LogP contribution < -0.4 is 26.2 Å². The molecule has 6 N–H and O–H groups in total. The molecule has 0 bridgehead atoms. The molecular formula is C25H38N6O8S. The minimum atomic E-state index is -4.05. The van der Waals surface area contributed by atoms with Crippen LogP contribution in [0.1, 0.15) is 53.6 Å². The second-order valence-corrected chi connectivity index (χ2v) is 11.2. The molecule has 2 unspecified atom stereocenters. The Morgan fingerprint density at radius 2 is 1.98 bits per heavy atom. The predicted octanol–water partition coefficient (Wildman–Crippen LogP) is -0.672. The Morgan fingerprint density at radius 1 is 1.25 bits per heavy atom. The zero-order valence-corrected chi connectivity index (χ0v) is 23.8. The number of hydrogen-bond acceptors (Lipinski definition) is 9. The van der Waals surface area contributed by atoms with Gasteiger partial charge in [-0.05, 0) is 62.3 Å². The molecule has 1 aromatic rings. The molecule has 1 heterocycles. The first kappa shape index (κ1) is 32.5. The van der Waals surface area contributed by atoms with Crippen LogP contribution in [0.3, 0.4) is 0 Å². The number of likely N-dealkylation sites (tertiary alicyclic amines) is 1. The fraction of sp³-hybridized carbons (Fsp3) is 0.560. The molecule has 0 spiro atoms. The first-order valence-electron chi connectivity index (χ1n) is 12.7. The van der Waals surface area contributed by atoms with Crippen molar-refractivity contribution in [2.45, 2.75) is 56.9 Å². The van der Waals surface area contributed by atoms with Gasteiger partial charge in [0, 0.05) is 13.1 Å². The van der Waals surface area contributed by atoms with Gasteiger partial charge in [-0.3, -0.25) is 14.6 Å². The Morgan fingerprint density at radius 3 is 2.60 bits per heavy atom. The van der Waals surface area contributed by atoms with Crippen molar-refractivity contribution < 1.29 is 37.1 Å². The van der Waals surface area contributed by atoms with E-state index in [-0.39, 0.29) is 31.0 Å². The minimum absolute atomic E-state index is 0.0684. The van der Waals surface area contributed by atoms with E-state index in [4.69, 9.17) is 20.9 Å². The van der Waals surface area contributed by atoms with Gasteiger partial charge in [-0.2, -0.15) is 0 Å². The second kappa shape index (κ2) is 15.2. The Hall–Kier alpha value is -3.72. The standard InChI is InChI=1S/C25H38N6O8S/c1-16-18(11-17(24(35)39-3)12-21(16)38-2)15-40(36,37)30-20-8-4-5-10-31(23(20)34)13-22(33)29-19(14-32)7-6-9-28-25(26)27/h11-12,14,19-20,30H,4-10,13,15H2,1-3H3,(H,29,33)(H4,26,27,28). The number of esters is 1. The van der Waals surface area contributed by atoms with E-state index in [1.165, 1.54) is 31.3 Å². The number of aldehydes is 1. The number of ether oxygens (including phenoxy) is 2. The summed E-state index contributed by atoms with van der Waals surface area (Å²) in [6.45, 7) is 1.90. The van der Waals surface area contributed by atoms with Gasteiger partial charge in [-0.25, -0.2) is 17.9 Å². The number of hydrogen-bond donors (Lipinski definition) is 4. The summed E-state index contributed by atoms with van der Waals surface area (Å²) in [6, 6.07) is 1.02. The molecule has 1 fully saturated rings. The van der Waals surface area contributed by atoms with E-state index in [1.807, 2.05) is 0 Å². The van der Waals surface area contributed by atoms with Crippen LogP contribution in [0.5, 0.6) is 5.75 Å². The number of methoxy groups -OCH3 is 2. The lowest BCUT2D eigenvalue weighted by atomic mass is 10.0. The van der Waals surface area contributed by atoms with Crippen molar-refractivity contribution in [3.63, 3.8) is 0 Å². The highest BCUT2D eigenvalue weighted by molar-refractivity contribution is 7.88. The summed E-state index contributed by atoms with van der Waals surface area (Å²) in [6.07, 6.45) is 2.75. The highest BCUT2D eigenvalue weighted by Gasteiger charge is 2.32. The molecule has 2 rings (SSSR count). The monoisotopic (exact) mass is 582 g/mol. The lowest BCUT2D eigenvalue weighted by molar-refractivity contribution is -0.137. The predicted molar refractivity (Wildman–Crippen MR) is 147 cm³/mol. The SMILES string of the molecule is COC(=O)c1cc(CS(=O)(=O)NC2CCCCN(CC(=O)NC(C=O)CCCN=C(N)N)C2=O)c(C)c(OC)c1. The fourth-order valence-corrected chi connectivity index (χ4v) is 5.74. The van der Waals surface area contributed by atoms with Crippen LogP contribution >= 0.6 is 0 Å². The lowest BCUT2D eigenvalue weighted by Gasteiger charge is -2.25. The molecule has 1 aliphatic heterocycles. The van der Waals surface area contributed by atoms with Crippen LogP contribution in [0, 0.1) is 6.92 Å². The summed E-state index contributed by atoms with van der Waals surface area (Å²) >= 11 is 0. The van der Waals surface area contributed by atoms with E-state index in [1.54, 1.807) is 6.92 Å². The van der Waals surface area contributed by atoms with Gasteiger partial charge in [0.1, 0.15) is 18.1 Å². The first-order chi connectivity index (χ1) is 18.9. The zero-order valence-electron chi connectivity index (χ0n) is 23.0. The first-order valence-corrected chi connectivity index (χ1v) is 14.4. The number of benzene rings is 1. The van der Waals surface area contributed by atoms with Crippen LogP contribution in [-0.2, 0) is 34.9 Å². The highest BCUT2D eigenvalue weighted by Crippen LogP contribution is 2.26. The molecule has 14 nitrogen and oxygen atoms in total. The normalized spacial score (nSPS) is 16.4. The summed E-state index contributed by atoms with van der Waals surface area (Å²) in [4.78, 5) is 54.4. The van der Waals surface area contributed by atoms with E-state index in [2.05, 4.69) is 15.0 Å². The molecule has 0 saturated carbocycles. The number of nitrogens with one attached hydrogen (secondary N) is 2. The smallest absolute Gasteiger partial charge is 0.337 e. The van der Waals surface area contributed by atoms with Gasteiger partial charge >= 0.3 is 5.97 Å². The van der Waals surface area contributed by atoms with Gasteiger partial charge in [0.2, 0.25) is 21.8 Å². The van der Waals surface area contributed by atoms with Crippen LogP contribution in [0.25, 0.3) is 0 Å². The summed E-state index contributed by atoms with van der Waals surface area (Å²) < 4.78 is 38.7. The van der Waals surface area contributed by atoms with Crippen LogP contribution in [-0.4, -0.2) is 89.3 Å². The van der Waals surface area contributed by atoms with Gasteiger partial charge in [-0.15, -0.1) is 0 Å². The zero-order chi connectivity index (χ0) is 29.9. The maximum absolute atomic E-state index is 13.2. The van der Waals surface area contributed by atoms with Crippen LogP contribution in [0.2, 0.25) is 0 Å². The molecule has 222 valence electrons. The molecule has 1 saturated heterocycles. The average Bonchev–Trinajstić information content (AvgIpc) is 3.06. The maximum Gasteiger partial charge on any atom is 0.337 e. The van der Waals surface area contributed by atoms with Crippen LogP contribution in [0.15, 0.2) is 17.1 Å². The van der Waals surface area contributed by atoms with E-state index in [0.29, 0.717) is 55.4 Å². The van der Waals surface area contributed by atoms with Gasteiger partial charge in [-0.1, -0.05) is 0 Å². The molecule has 40 heavy (non-hydrogen) atoms. The van der Waals surface area contributed by atoms with E-state index < -0.39 is 45.6 Å². The van der Waals surface area contributed by atoms with E-state index >= 15 is 0 Å². The number of rotatable bonds is 14. The number of nitrogens with zero attached hydrogens (tertiary/aromatic N) is 2. The number of sulfonamides is 1. The average molecular weight is 583 g/mol. The molecule has 1 aromatic carbocycles. The number of amides is 2. The summed E-state index contributed by atoms with van der Waals surface area (Å²) in [7, 11) is -1.44. The maximum atomic E-state index is 13.2. The van der Waals surface area contributed by atoms with Crippen molar-refractivity contribution in [3.8, 4) is 5.75 Å². The molecule has 2 amide bonds. The summed E-state index contributed by atoms with van der Waals surface area (Å²) in [5.74, 6) is -1.99. The van der Waals surface area contributed by atoms with Crippen molar-refractivity contribution in [3.05, 3.63) is 28.8 Å². The quantitative estimate of drug-likeness (QED) is 0.0714. The largest absolute Gasteiger partial charge is 0.496 e. The number of aliphatic imine (C=N–C) groups is 1.